The molecule has 3 amide bonds. The van der Waals surface area contributed by atoms with Crippen molar-refractivity contribution in [3.8, 4) is 0 Å². The second-order valence-electron chi connectivity index (χ2n) is 8.76. The first-order valence-electron chi connectivity index (χ1n) is 11.5. The van der Waals surface area contributed by atoms with Crippen molar-refractivity contribution in [1.29, 1.82) is 0 Å². The standard InChI is InChI=1S/C24H32N4O4/c1-2-11-24(18-8-13-27(14-9-18)16-20-6-7-21(17-29)32-20)22(30)28(23(31)26-24)15-10-19-5-3-4-12-25-19/h3-7,12,18,29H,2,8-11,13-17H2,1H3,(H,26,31). The predicted molar refractivity (Wildman–Crippen MR) is 118 cm³/mol. The molecule has 0 saturated carbocycles. The lowest BCUT2D eigenvalue weighted by atomic mass is 9.74. The van der Waals surface area contributed by atoms with Crippen molar-refractivity contribution in [3.05, 3.63) is 53.7 Å². The second kappa shape index (κ2) is 9.83. The minimum absolute atomic E-state index is 0.0858. The summed E-state index contributed by atoms with van der Waals surface area (Å²) in [5.41, 5.74) is 0.0632. The van der Waals surface area contributed by atoms with Crippen LogP contribution in [0.4, 0.5) is 4.79 Å². The number of nitrogens with zero attached hydrogens (tertiary/aromatic N) is 3. The van der Waals surface area contributed by atoms with Gasteiger partial charge in [-0.05, 0) is 62.5 Å². The van der Waals surface area contributed by atoms with Crippen LogP contribution in [0.15, 0.2) is 40.9 Å². The number of aromatic nitrogens is 1. The summed E-state index contributed by atoms with van der Waals surface area (Å²) >= 11 is 0. The molecule has 4 heterocycles. The monoisotopic (exact) mass is 440 g/mol. The molecule has 0 aliphatic carbocycles. The molecule has 2 aromatic rings. The zero-order valence-electron chi connectivity index (χ0n) is 18.6. The number of nitrogens with one attached hydrogen (secondary N) is 1. The van der Waals surface area contributed by atoms with Gasteiger partial charge in [-0.15, -0.1) is 0 Å². The van der Waals surface area contributed by atoms with Crippen molar-refractivity contribution in [2.24, 2.45) is 5.92 Å². The summed E-state index contributed by atoms with van der Waals surface area (Å²) in [7, 11) is 0. The summed E-state index contributed by atoms with van der Waals surface area (Å²) in [6.45, 7) is 4.66. The van der Waals surface area contributed by atoms with Crippen LogP contribution in [0.5, 0.6) is 0 Å². The minimum Gasteiger partial charge on any atom is -0.462 e. The Morgan fingerprint density at radius 3 is 2.62 bits per heavy atom. The van der Waals surface area contributed by atoms with Gasteiger partial charge in [-0.1, -0.05) is 19.4 Å². The van der Waals surface area contributed by atoms with Crippen molar-refractivity contribution in [2.75, 3.05) is 19.6 Å². The number of likely N-dealkylation sites (tertiary alicyclic amines) is 1. The fourth-order valence-electron chi connectivity index (χ4n) is 5.06. The Hall–Kier alpha value is -2.71. The number of furan rings is 1. The number of rotatable bonds is 9. The number of hydrogen-bond donors (Lipinski definition) is 2. The highest BCUT2D eigenvalue weighted by Crippen LogP contribution is 2.37. The lowest BCUT2D eigenvalue weighted by Crippen LogP contribution is -2.56. The molecule has 0 aromatic carbocycles. The molecule has 1 unspecified atom stereocenters. The fourth-order valence-corrected chi connectivity index (χ4v) is 5.06. The Morgan fingerprint density at radius 1 is 1.19 bits per heavy atom. The molecule has 0 radical (unpaired) electrons. The molecule has 4 rings (SSSR count). The van der Waals surface area contributed by atoms with Crippen LogP contribution in [-0.2, 0) is 24.4 Å². The van der Waals surface area contributed by atoms with Gasteiger partial charge in [-0.3, -0.25) is 19.6 Å². The maximum absolute atomic E-state index is 13.5. The lowest BCUT2D eigenvalue weighted by Gasteiger charge is -2.40. The summed E-state index contributed by atoms with van der Waals surface area (Å²) in [5, 5.41) is 12.3. The van der Waals surface area contributed by atoms with E-state index in [-0.39, 0.29) is 24.5 Å². The average molecular weight is 441 g/mol. The highest BCUT2D eigenvalue weighted by molar-refractivity contribution is 6.07. The van der Waals surface area contributed by atoms with Crippen LogP contribution in [0.1, 0.15) is 49.8 Å². The molecule has 2 aliphatic rings. The SMILES string of the molecule is CCCC1(C2CCN(Cc3ccc(CO)o3)CC2)NC(=O)N(CCc2ccccn2)C1=O. The van der Waals surface area contributed by atoms with E-state index in [1.807, 2.05) is 24.3 Å². The predicted octanol–water partition coefficient (Wildman–Crippen LogP) is 2.71. The maximum atomic E-state index is 13.5. The third kappa shape index (κ3) is 4.56. The number of carbonyl (C=O) groups is 2. The highest BCUT2D eigenvalue weighted by atomic mass is 16.4. The van der Waals surface area contributed by atoms with Crippen molar-refractivity contribution in [1.82, 2.24) is 20.1 Å². The van der Waals surface area contributed by atoms with Gasteiger partial charge in [0.25, 0.3) is 5.91 Å². The number of amides is 3. The first-order valence-corrected chi connectivity index (χ1v) is 11.5. The number of imide groups is 1. The molecular weight excluding hydrogens is 408 g/mol. The van der Waals surface area contributed by atoms with Crippen LogP contribution >= 0.6 is 0 Å². The normalized spacial score (nSPS) is 22.5. The van der Waals surface area contributed by atoms with Gasteiger partial charge >= 0.3 is 6.03 Å². The summed E-state index contributed by atoms with van der Waals surface area (Å²) < 4.78 is 5.61. The molecule has 2 aromatic heterocycles. The molecule has 0 spiro atoms. The third-order valence-electron chi connectivity index (χ3n) is 6.70. The minimum atomic E-state index is -0.809. The molecule has 1 atom stereocenters. The first kappa shape index (κ1) is 22.5. The van der Waals surface area contributed by atoms with E-state index in [4.69, 9.17) is 4.42 Å². The topological polar surface area (TPSA) is 98.9 Å². The number of pyridine rings is 1. The number of piperidine rings is 1. The highest BCUT2D eigenvalue weighted by Gasteiger charge is 2.55. The molecule has 32 heavy (non-hydrogen) atoms. The first-order chi connectivity index (χ1) is 15.6. The lowest BCUT2D eigenvalue weighted by molar-refractivity contribution is -0.134. The smallest absolute Gasteiger partial charge is 0.325 e. The Bertz CT molecular complexity index is 923. The molecule has 2 N–H and O–H groups in total. The van der Waals surface area contributed by atoms with Crippen molar-refractivity contribution in [3.63, 3.8) is 0 Å². The molecule has 2 fully saturated rings. The molecule has 8 nitrogen and oxygen atoms in total. The van der Waals surface area contributed by atoms with Crippen LogP contribution in [0, 0.1) is 5.92 Å². The fraction of sp³-hybridized carbons (Fsp3) is 0.542. The average Bonchev–Trinajstić information content (AvgIpc) is 3.36. The van der Waals surface area contributed by atoms with Crippen LogP contribution in [0.2, 0.25) is 0 Å². The number of aliphatic hydroxyl groups is 1. The van der Waals surface area contributed by atoms with E-state index in [0.717, 1.165) is 43.8 Å². The van der Waals surface area contributed by atoms with Crippen molar-refractivity contribution < 1.29 is 19.1 Å². The molecule has 0 bridgehead atoms. The number of urea groups is 1. The van der Waals surface area contributed by atoms with Crippen LogP contribution in [-0.4, -0.2) is 57.0 Å². The molecule has 2 aliphatic heterocycles. The molecule has 2 saturated heterocycles. The quantitative estimate of drug-likeness (QED) is 0.582. The Morgan fingerprint density at radius 2 is 1.97 bits per heavy atom. The summed E-state index contributed by atoms with van der Waals surface area (Å²) in [4.78, 5) is 34.3. The third-order valence-corrected chi connectivity index (χ3v) is 6.70. The van der Waals surface area contributed by atoms with Crippen molar-refractivity contribution in [2.45, 2.75) is 57.7 Å². The zero-order chi connectivity index (χ0) is 22.6. The van der Waals surface area contributed by atoms with E-state index in [0.29, 0.717) is 31.7 Å². The van der Waals surface area contributed by atoms with E-state index in [1.165, 1.54) is 4.90 Å². The molecule has 8 heteroatoms. The van der Waals surface area contributed by atoms with Gasteiger partial charge in [0.05, 0.1) is 6.54 Å². The van der Waals surface area contributed by atoms with Gasteiger partial charge in [0.15, 0.2) is 0 Å². The van der Waals surface area contributed by atoms with Gasteiger partial charge < -0.3 is 14.8 Å². The Balaban J connectivity index is 1.40. The number of hydrogen-bond acceptors (Lipinski definition) is 6. The van der Waals surface area contributed by atoms with Crippen LogP contribution < -0.4 is 5.32 Å². The molecular formula is C24H32N4O4. The van der Waals surface area contributed by atoms with Gasteiger partial charge in [-0.25, -0.2) is 4.79 Å². The van der Waals surface area contributed by atoms with E-state index in [1.54, 1.807) is 12.3 Å². The maximum Gasteiger partial charge on any atom is 0.325 e. The Kier molecular flexibility index (Phi) is 6.91. The summed E-state index contributed by atoms with van der Waals surface area (Å²) in [6.07, 6.45) is 5.45. The van der Waals surface area contributed by atoms with E-state index in [2.05, 4.69) is 22.1 Å². The summed E-state index contributed by atoms with van der Waals surface area (Å²) in [5.74, 6) is 1.43. The van der Waals surface area contributed by atoms with Crippen LogP contribution in [0.25, 0.3) is 0 Å². The largest absolute Gasteiger partial charge is 0.462 e. The van der Waals surface area contributed by atoms with Crippen molar-refractivity contribution >= 4 is 11.9 Å². The van der Waals surface area contributed by atoms with E-state index >= 15 is 0 Å². The van der Waals surface area contributed by atoms with Gasteiger partial charge in [0, 0.05) is 24.9 Å². The zero-order valence-corrected chi connectivity index (χ0v) is 18.6. The van der Waals surface area contributed by atoms with Gasteiger partial charge in [-0.2, -0.15) is 0 Å². The number of aliphatic hydroxyl groups excluding tert-OH is 1. The van der Waals surface area contributed by atoms with E-state index < -0.39 is 5.54 Å². The summed E-state index contributed by atoms with van der Waals surface area (Å²) in [6, 6.07) is 9.09. The Labute approximate surface area is 188 Å². The van der Waals surface area contributed by atoms with Gasteiger partial charge in [0.1, 0.15) is 23.7 Å². The van der Waals surface area contributed by atoms with E-state index in [9.17, 15) is 14.7 Å². The van der Waals surface area contributed by atoms with Crippen LogP contribution in [0.3, 0.4) is 0 Å². The number of carbonyl (C=O) groups excluding carboxylic acids is 2. The second-order valence-corrected chi connectivity index (χ2v) is 8.76. The van der Waals surface area contributed by atoms with Gasteiger partial charge in [0.2, 0.25) is 0 Å². The molecule has 172 valence electrons.